The molecule has 1 rings (SSSR count). The molecule has 1 aromatic rings. The van der Waals surface area contributed by atoms with Gasteiger partial charge in [0.1, 0.15) is 12.1 Å². The van der Waals surface area contributed by atoms with Gasteiger partial charge in [-0.05, 0) is 20.3 Å². The SMILES string of the molecule is CCCCCCCCNc1ncnc(OCC)c1C. The molecule has 0 spiro atoms. The first kappa shape index (κ1) is 15.7. The van der Waals surface area contributed by atoms with Crippen molar-refractivity contribution in [3.8, 4) is 5.88 Å². The van der Waals surface area contributed by atoms with E-state index < -0.39 is 0 Å². The molecular formula is C15H27N3O. The number of unbranched alkanes of at least 4 members (excludes halogenated alkanes) is 5. The molecule has 0 aromatic carbocycles. The highest BCUT2D eigenvalue weighted by Gasteiger charge is 2.06. The molecule has 0 radical (unpaired) electrons. The maximum Gasteiger partial charge on any atom is 0.221 e. The molecule has 0 aliphatic heterocycles. The summed E-state index contributed by atoms with van der Waals surface area (Å²) >= 11 is 0. The van der Waals surface area contributed by atoms with Crippen LogP contribution in [0.1, 0.15) is 57.9 Å². The van der Waals surface area contributed by atoms with Crippen LogP contribution in [0.2, 0.25) is 0 Å². The van der Waals surface area contributed by atoms with Crippen molar-refractivity contribution >= 4 is 5.82 Å². The van der Waals surface area contributed by atoms with E-state index in [9.17, 15) is 0 Å². The summed E-state index contributed by atoms with van der Waals surface area (Å²) in [6, 6.07) is 0. The summed E-state index contributed by atoms with van der Waals surface area (Å²) < 4.78 is 5.46. The average Bonchev–Trinajstić information content (AvgIpc) is 2.42. The Balaban J connectivity index is 2.27. The van der Waals surface area contributed by atoms with Crippen LogP contribution in [0.3, 0.4) is 0 Å². The third kappa shape index (κ3) is 5.90. The summed E-state index contributed by atoms with van der Waals surface area (Å²) in [4.78, 5) is 8.40. The third-order valence-corrected chi connectivity index (χ3v) is 3.14. The van der Waals surface area contributed by atoms with Crippen molar-refractivity contribution in [2.24, 2.45) is 0 Å². The van der Waals surface area contributed by atoms with Gasteiger partial charge in [-0.15, -0.1) is 0 Å². The minimum absolute atomic E-state index is 0.634. The van der Waals surface area contributed by atoms with E-state index in [2.05, 4.69) is 22.2 Å². The standard InChI is InChI=1S/C15H27N3O/c1-4-6-7-8-9-10-11-16-14-13(3)15(19-5-2)18-12-17-14/h12H,4-11H2,1-3H3,(H,16,17,18). The Hall–Kier alpha value is -1.32. The van der Waals surface area contributed by atoms with Crippen LogP contribution < -0.4 is 10.1 Å². The van der Waals surface area contributed by atoms with Gasteiger partial charge in [-0.2, -0.15) is 0 Å². The first-order valence-corrected chi connectivity index (χ1v) is 7.47. The van der Waals surface area contributed by atoms with Crippen molar-refractivity contribution in [1.29, 1.82) is 0 Å². The van der Waals surface area contributed by atoms with Gasteiger partial charge in [-0.25, -0.2) is 9.97 Å². The highest BCUT2D eigenvalue weighted by molar-refractivity contribution is 5.47. The molecule has 1 N–H and O–H groups in total. The Morgan fingerprint density at radius 1 is 1.05 bits per heavy atom. The van der Waals surface area contributed by atoms with E-state index in [1.165, 1.54) is 38.5 Å². The minimum Gasteiger partial charge on any atom is -0.478 e. The van der Waals surface area contributed by atoms with Gasteiger partial charge in [0.25, 0.3) is 0 Å². The lowest BCUT2D eigenvalue weighted by atomic mass is 10.1. The predicted molar refractivity (Wildman–Crippen MR) is 79.8 cm³/mol. The van der Waals surface area contributed by atoms with Crippen molar-refractivity contribution in [3.05, 3.63) is 11.9 Å². The number of rotatable bonds is 10. The molecule has 1 heterocycles. The Labute approximate surface area is 117 Å². The highest BCUT2D eigenvalue weighted by Crippen LogP contribution is 2.20. The number of hydrogen-bond donors (Lipinski definition) is 1. The molecule has 0 amide bonds. The van der Waals surface area contributed by atoms with Gasteiger partial charge < -0.3 is 10.1 Å². The second-order valence-electron chi connectivity index (χ2n) is 4.78. The normalized spacial score (nSPS) is 10.5. The summed E-state index contributed by atoms with van der Waals surface area (Å²) in [5, 5.41) is 3.37. The van der Waals surface area contributed by atoms with Crippen LogP contribution >= 0.6 is 0 Å². The molecule has 0 bridgehead atoms. The highest BCUT2D eigenvalue weighted by atomic mass is 16.5. The molecule has 4 nitrogen and oxygen atoms in total. The zero-order chi connectivity index (χ0) is 13.9. The van der Waals surface area contributed by atoms with Crippen LogP contribution in [-0.4, -0.2) is 23.1 Å². The van der Waals surface area contributed by atoms with Crippen LogP contribution in [0.5, 0.6) is 5.88 Å². The quantitative estimate of drug-likeness (QED) is 0.651. The van der Waals surface area contributed by atoms with Gasteiger partial charge in [0.2, 0.25) is 5.88 Å². The summed E-state index contributed by atoms with van der Waals surface area (Å²) in [6.07, 6.45) is 9.39. The van der Waals surface area contributed by atoms with Crippen LogP contribution in [0.25, 0.3) is 0 Å². The van der Waals surface area contributed by atoms with Crippen LogP contribution in [0.4, 0.5) is 5.82 Å². The Bertz CT molecular complexity index is 355. The van der Waals surface area contributed by atoms with Gasteiger partial charge in [-0.3, -0.25) is 0 Å². The number of ether oxygens (including phenoxy) is 1. The summed E-state index contributed by atoms with van der Waals surface area (Å²) in [7, 11) is 0. The van der Waals surface area contributed by atoms with E-state index in [0.717, 1.165) is 17.9 Å². The minimum atomic E-state index is 0.634. The molecule has 0 aliphatic rings. The maximum absolute atomic E-state index is 5.46. The molecule has 19 heavy (non-hydrogen) atoms. The first-order chi connectivity index (χ1) is 9.29. The molecular weight excluding hydrogens is 238 g/mol. The summed E-state index contributed by atoms with van der Waals surface area (Å²) in [5.41, 5.74) is 0.996. The lowest BCUT2D eigenvalue weighted by molar-refractivity contribution is 0.324. The Kier molecular flexibility index (Phi) is 7.94. The number of anilines is 1. The number of nitrogens with zero attached hydrogens (tertiary/aromatic N) is 2. The smallest absolute Gasteiger partial charge is 0.221 e. The van der Waals surface area contributed by atoms with Gasteiger partial charge in [0.05, 0.1) is 12.2 Å². The van der Waals surface area contributed by atoms with Gasteiger partial charge in [0, 0.05) is 6.54 Å². The Morgan fingerprint density at radius 3 is 2.53 bits per heavy atom. The van der Waals surface area contributed by atoms with E-state index in [0.29, 0.717) is 12.5 Å². The number of nitrogens with one attached hydrogen (secondary N) is 1. The van der Waals surface area contributed by atoms with Crippen molar-refractivity contribution in [2.75, 3.05) is 18.5 Å². The third-order valence-electron chi connectivity index (χ3n) is 3.14. The topological polar surface area (TPSA) is 47.0 Å². The maximum atomic E-state index is 5.46. The van der Waals surface area contributed by atoms with Crippen molar-refractivity contribution in [3.63, 3.8) is 0 Å². The van der Waals surface area contributed by atoms with Crippen LogP contribution in [-0.2, 0) is 0 Å². The lowest BCUT2D eigenvalue weighted by Gasteiger charge is -2.11. The fourth-order valence-electron chi connectivity index (χ4n) is 2.01. The van der Waals surface area contributed by atoms with Crippen molar-refractivity contribution in [2.45, 2.75) is 59.3 Å². The first-order valence-electron chi connectivity index (χ1n) is 7.47. The molecule has 0 saturated heterocycles. The lowest BCUT2D eigenvalue weighted by Crippen LogP contribution is -2.07. The molecule has 108 valence electrons. The molecule has 1 aromatic heterocycles. The largest absolute Gasteiger partial charge is 0.478 e. The van der Waals surface area contributed by atoms with Gasteiger partial charge in [-0.1, -0.05) is 39.0 Å². The van der Waals surface area contributed by atoms with Crippen LogP contribution in [0, 0.1) is 6.92 Å². The molecule has 4 heteroatoms. The Morgan fingerprint density at radius 2 is 1.79 bits per heavy atom. The monoisotopic (exact) mass is 265 g/mol. The van der Waals surface area contributed by atoms with Crippen molar-refractivity contribution < 1.29 is 4.74 Å². The molecule has 0 saturated carbocycles. The average molecular weight is 265 g/mol. The zero-order valence-corrected chi connectivity index (χ0v) is 12.5. The molecule has 0 unspecified atom stereocenters. The van der Waals surface area contributed by atoms with Crippen LogP contribution in [0.15, 0.2) is 6.33 Å². The predicted octanol–water partition coefficient (Wildman–Crippen LogP) is 3.96. The fraction of sp³-hybridized carbons (Fsp3) is 0.733. The van der Waals surface area contributed by atoms with E-state index in [-0.39, 0.29) is 0 Å². The second kappa shape index (κ2) is 9.59. The van der Waals surface area contributed by atoms with E-state index in [1.807, 2.05) is 13.8 Å². The fourth-order valence-corrected chi connectivity index (χ4v) is 2.01. The van der Waals surface area contributed by atoms with Crippen molar-refractivity contribution in [1.82, 2.24) is 9.97 Å². The molecule has 0 atom stereocenters. The van der Waals surface area contributed by atoms with Gasteiger partial charge in [0.15, 0.2) is 0 Å². The number of aromatic nitrogens is 2. The molecule has 0 aliphatic carbocycles. The van der Waals surface area contributed by atoms with E-state index >= 15 is 0 Å². The van der Waals surface area contributed by atoms with E-state index in [1.54, 1.807) is 6.33 Å². The van der Waals surface area contributed by atoms with Gasteiger partial charge >= 0.3 is 0 Å². The summed E-state index contributed by atoms with van der Waals surface area (Å²) in [6.45, 7) is 7.80. The second-order valence-corrected chi connectivity index (χ2v) is 4.78. The zero-order valence-electron chi connectivity index (χ0n) is 12.5. The number of hydrogen-bond acceptors (Lipinski definition) is 4. The molecule has 0 fully saturated rings. The summed E-state index contributed by atoms with van der Waals surface area (Å²) in [5.74, 6) is 1.58. The van der Waals surface area contributed by atoms with E-state index in [4.69, 9.17) is 4.74 Å².